The average Bonchev–Trinajstić information content (AvgIpc) is 3.16. The predicted molar refractivity (Wildman–Crippen MR) is 113 cm³/mol. The number of aromatic nitrogens is 2. The average molecular weight is 395 g/mol. The number of halogens is 1. The van der Waals surface area contributed by atoms with Gasteiger partial charge in [-0.2, -0.15) is 0 Å². The van der Waals surface area contributed by atoms with Crippen LogP contribution in [0.1, 0.15) is 51.0 Å². The molecule has 0 amide bonds. The number of hydrogen-bond acceptors (Lipinski definition) is 3. The van der Waals surface area contributed by atoms with E-state index < -0.39 is 0 Å². The van der Waals surface area contributed by atoms with Crippen molar-refractivity contribution in [2.75, 3.05) is 13.2 Å². The van der Waals surface area contributed by atoms with Crippen LogP contribution in [0.4, 0.5) is 0 Å². The van der Waals surface area contributed by atoms with Crippen LogP contribution in [0, 0.1) is 0 Å². The molecule has 1 unspecified atom stereocenters. The van der Waals surface area contributed by atoms with E-state index in [0.29, 0.717) is 5.25 Å². The Kier molecular flexibility index (Phi) is 10.9. The lowest BCUT2D eigenvalue weighted by molar-refractivity contribution is 0.128. The van der Waals surface area contributed by atoms with Gasteiger partial charge in [0.15, 0.2) is 0 Å². The molecule has 1 atom stereocenters. The topological polar surface area (TPSA) is 27.1 Å². The standard InChI is InChI=1S/C21H31ClN2OS/c1-2-3-4-5-6-7-14-25-16-21(15-24-13-12-23-18-24)26-17-19-8-10-20(22)11-9-19/h8-13,18,21H,2-7,14-17H2,1H3. The zero-order chi connectivity index (χ0) is 18.5. The fourth-order valence-corrected chi connectivity index (χ4v) is 3.99. The van der Waals surface area contributed by atoms with Crippen LogP contribution in [0.25, 0.3) is 0 Å². The summed E-state index contributed by atoms with van der Waals surface area (Å²) < 4.78 is 8.12. The lowest BCUT2D eigenvalue weighted by Gasteiger charge is -2.17. The van der Waals surface area contributed by atoms with Gasteiger partial charge < -0.3 is 9.30 Å². The van der Waals surface area contributed by atoms with Crippen molar-refractivity contribution in [2.24, 2.45) is 0 Å². The molecule has 0 radical (unpaired) electrons. The molecule has 26 heavy (non-hydrogen) atoms. The Morgan fingerprint density at radius 3 is 2.62 bits per heavy atom. The Morgan fingerprint density at radius 1 is 1.12 bits per heavy atom. The third-order valence-corrected chi connectivity index (χ3v) is 5.83. The third kappa shape index (κ3) is 9.11. The first-order valence-corrected chi connectivity index (χ1v) is 11.1. The molecule has 144 valence electrons. The minimum atomic E-state index is 0.417. The van der Waals surface area contributed by atoms with E-state index in [1.807, 2.05) is 42.6 Å². The SMILES string of the molecule is CCCCCCCCOCC(Cn1ccnc1)SCc1ccc(Cl)cc1. The molecule has 1 aromatic carbocycles. The van der Waals surface area contributed by atoms with Gasteiger partial charge in [-0.25, -0.2) is 4.98 Å². The second kappa shape index (κ2) is 13.2. The number of imidazole rings is 1. The molecular weight excluding hydrogens is 364 g/mol. The molecule has 2 rings (SSSR count). The van der Waals surface area contributed by atoms with Crippen molar-refractivity contribution in [3.63, 3.8) is 0 Å². The van der Waals surface area contributed by atoms with Gasteiger partial charge in [-0.15, -0.1) is 11.8 Å². The Bertz CT molecular complexity index is 574. The largest absolute Gasteiger partial charge is 0.380 e. The zero-order valence-electron chi connectivity index (χ0n) is 15.8. The second-order valence-corrected chi connectivity index (χ2v) is 8.39. The molecule has 1 aromatic heterocycles. The summed E-state index contributed by atoms with van der Waals surface area (Å²) in [6.45, 7) is 4.83. The van der Waals surface area contributed by atoms with Gasteiger partial charge in [0.05, 0.1) is 12.9 Å². The molecule has 5 heteroatoms. The predicted octanol–water partition coefficient (Wildman–Crippen LogP) is 6.22. The summed E-state index contributed by atoms with van der Waals surface area (Å²) in [5.41, 5.74) is 1.30. The van der Waals surface area contributed by atoms with Crippen LogP contribution in [0.15, 0.2) is 43.0 Å². The molecule has 0 aliphatic rings. The minimum Gasteiger partial charge on any atom is -0.380 e. The maximum absolute atomic E-state index is 5.98. The lowest BCUT2D eigenvalue weighted by atomic mass is 10.1. The highest BCUT2D eigenvalue weighted by molar-refractivity contribution is 7.99. The second-order valence-electron chi connectivity index (χ2n) is 6.66. The Labute approximate surface area is 167 Å². The number of nitrogens with zero attached hydrogens (tertiary/aromatic N) is 2. The molecule has 0 saturated carbocycles. The summed E-state index contributed by atoms with van der Waals surface area (Å²) in [6.07, 6.45) is 13.5. The Hall–Kier alpha value is -0.970. The molecule has 2 aromatic rings. The van der Waals surface area contributed by atoms with Crippen LogP contribution in [0.3, 0.4) is 0 Å². The maximum Gasteiger partial charge on any atom is 0.0946 e. The fourth-order valence-electron chi connectivity index (χ4n) is 2.78. The highest BCUT2D eigenvalue weighted by Crippen LogP contribution is 2.21. The molecule has 0 aliphatic carbocycles. The van der Waals surface area contributed by atoms with Crippen molar-refractivity contribution in [1.82, 2.24) is 9.55 Å². The number of hydrogen-bond donors (Lipinski definition) is 0. The monoisotopic (exact) mass is 394 g/mol. The third-order valence-electron chi connectivity index (χ3n) is 4.32. The van der Waals surface area contributed by atoms with Gasteiger partial charge >= 0.3 is 0 Å². The smallest absolute Gasteiger partial charge is 0.0946 e. The van der Waals surface area contributed by atoms with E-state index in [1.165, 1.54) is 44.1 Å². The summed E-state index contributed by atoms with van der Waals surface area (Å²) in [5, 5.41) is 1.20. The van der Waals surface area contributed by atoms with Gasteiger partial charge in [-0.1, -0.05) is 62.8 Å². The maximum atomic E-state index is 5.98. The highest BCUT2D eigenvalue weighted by atomic mass is 35.5. The highest BCUT2D eigenvalue weighted by Gasteiger charge is 2.11. The van der Waals surface area contributed by atoms with Crippen molar-refractivity contribution >= 4 is 23.4 Å². The van der Waals surface area contributed by atoms with Crippen LogP contribution >= 0.6 is 23.4 Å². The van der Waals surface area contributed by atoms with Crippen molar-refractivity contribution < 1.29 is 4.74 Å². The van der Waals surface area contributed by atoms with Crippen LogP contribution < -0.4 is 0 Å². The molecule has 0 fully saturated rings. The number of thioether (sulfide) groups is 1. The van der Waals surface area contributed by atoms with Crippen molar-refractivity contribution in [1.29, 1.82) is 0 Å². The Balaban J connectivity index is 1.70. The van der Waals surface area contributed by atoms with E-state index in [4.69, 9.17) is 16.3 Å². The summed E-state index contributed by atoms with van der Waals surface area (Å²) in [5.74, 6) is 0.969. The molecule has 0 aliphatic heterocycles. The van der Waals surface area contributed by atoms with Crippen LogP contribution in [-0.2, 0) is 17.0 Å². The van der Waals surface area contributed by atoms with Crippen LogP contribution in [0.5, 0.6) is 0 Å². The van der Waals surface area contributed by atoms with E-state index in [0.717, 1.165) is 30.5 Å². The van der Waals surface area contributed by atoms with Crippen molar-refractivity contribution in [3.05, 3.63) is 53.6 Å². The number of ether oxygens (including phenoxy) is 1. The summed E-state index contributed by atoms with van der Waals surface area (Å²) in [6, 6.07) is 8.11. The Morgan fingerprint density at radius 2 is 1.88 bits per heavy atom. The number of rotatable bonds is 14. The molecule has 1 heterocycles. The van der Waals surface area contributed by atoms with Crippen molar-refractivity contribution in [2.45, 2.75) is 63.0 Å². The van der Waals surface area contributed by atoms with Crippen LogP contribution in [0.2, 0.25) is 5.02 Å². The molecule has 0 N–H and O–H groups in total. The molecule has 3 nitrogen and oxygen atoms in total. The zero-order valence-corrected chi connectivity index (χ0v) is 17.4. The molecule has 0 bridgehead atoms. The van der Waals surface area contributed by atoms with E-state index in [-0.39, 0.29) is 0 Å². The van der Waals surface area contributed by atoms with Gasteiger partial charge in [0.2, 0.25) is 0 Å². The van der Waals surface area contributed by atoms with E-state index in [9.17, 15) is 0 Å². The first kappa shape index (κ1) is 21.3. The quantitative estimate of drug-likeness (QED) is 0.356. The number of unbranched alkanes of at least 4 members (excludes halogenated alkanes) is 5. The van der Waals surface area contributed by atoms with Crippen molar-refractivity contribution in [3.8, 4) is 0 Å². The van der Waals surface area contributed by atoms with Gasteiger partial charge in [-0.05, 0) is 24.1 Å². The van der Waals surface area contributed by atoms with Gasteiger partial charge in [-0.3, -0.25) is 0 Å². The van der Waals surface area contributed by atoms with E-state index >= 15 is 0 Å². The van der Waals surface area contributed by atoms with Gasteiger partial charge in [0.1, 0.15) is 0 Å². The van der Waals surface area contributed by atoms with E-state index in [2.05, 4.69) is 28.6 Å². The first-order valence-electron chi connectivity index (χ1n) is 9.67. The molecule has 0 spiro atoms. The van der Waals surface area contributed by atoms with Gasteiger partial charge in [0.25, 0.3) is 0 Å². The normalized spacial score (nSPS) is 12.4. The summed E-state index contributed by atoms with van der Waals surface area (Å²) >= 11 is 7.91. The lowest BCUT2D eigenvalue weighted by Crippen LogP contribution is -2.19. The fraction of sp³-hybridized carbons (Fsp3) is 0.571. The minimum absolute atomic E-state index is 0.417. The summed E-state index contributed by atoms with van der Waals surface area (Å²) in [4.78, 5) is 4.15. The van der Waals surface area contributed by atoms with Gasteiger partial charge in [0, 0.05) is 41.6 Å². The number of benzene rings is 1. The van der Waals surface area contributed by atoms with Crippen LogP contribution in [-0.4, -0.2) is 28.0 Å². The molecule has 0 saturated heterocycles. The molecular formula is C21H31ClN2OS. The van der Waals surface area contributed by atoms with E-state index in [1.54, 1.807) is 0 Å². The summed E-state index contributed by atoms with van der Waals surface area (Å²) in [7, 11) is 0. The first-order chi connectivity index (χ1) is 12.8.